The van der Waals surface area contributed by atoms with E-state index in [1.165, 1.54) is 13.8 Å². The van der Waals surface area contributed by atoms with Crippen LogP contribution in [0.1, 0.15) is 27.7 Å². The zero-order chi connectivity index (χ0) is 23.1. The number of hydrogen-bond donors (Lipinski definition) is 0. The lowest BCUT2D eigenvalue weighted by Crippen LogP contribution is -2.63. The van der Waals surface area contributed by atoms with E-state index >= 15 is 0 Å². The Labute approximate surface area is 192 Å². The van der Waals surface area contributed by atoms with Gasteiger partial charge in [-0.05, 0) is 46.9 Å². The molecule has 31 heavy (non-hydrogen) atoms. The molecular weight excluding hydrogens is 527 g/mol. The molecule has 0 unspecified atom stereocenters. The van der Waals surface area contributed by atoms with Gasteiger partial charge in [0.2, 0.25) is 12.4 Å². The van der Waals surface area contributed by atoms with E-state index in [2.05, 4.69) is 22.6 Å². The van der Waals surface area contributed by atoms with E-state index in [-0.39, 0.29) is 6.61 Å². The second-order valence-electron chi connectivity index (χ2n) is 6.64. The van der Waals surface area contributed by atoms with Crippen molar-refractivity contribution in [1.29, 1.82) is 0 Å². The van der Waals surface area contributed by atoms with Crippen LogP contribution in [-0.2, 0) is 42.9 Å². The first-order chi connectivity index (χ1) is 14.6. The van der Waals surface area contributed by atoms with Gasteiger partial charge in [0, 0.05) is 31.3 Å². The molecule has 2 rings (SSSR count). The molecule has 11 heteroatoms. The maximum Gasteiger partial charge on any atom is 0.303 e. The molecule has 10 nitrogen and oxygen atoms in total. The Morgan fingerprint density at radius 1 is 0.806 bits per heavy atom. The van der Waals surface area contributed by atoms with Crippen molar-refractivity contribution in [2.75, 3.05) is 6.61 Å². The van der Waals surface area contributed by atoms with Crippen molar-refractivity contribution in [3.8, 4) is 5.75 Å². The van der Waals surface area contributed by atoms with Crippen molar-refractivity contribution in [3.05, 3.63) is 27.8 Å². The lowest BCUT2D eigenvalue weighted by atomic mass is 9.98. The number of carbonyl (C=O) groups excluding carboxylic acids is 4. The van der Waals surface area contributed by atoms with Crippen LogP contribution in [0.25, 0.3) is 0 Å². The first-order valence-electron chi connectivity index (χ1n) is 9.29. The highest BCUT2D eigenvalue weighted by atomic mass is 127. The van der Waals surface area contributed by atoms with E-state index < -0.39 is 54.6 Å². The molecule has 170 valence electrons. The van der Waals surface area contributed by atoms with Crippen LogP contribution in [0, 0.1) is 3.57 Å². The number of benzene rings is 1. The Kier molecular flexibility index (Phi) is 9.04. The number of carbonyl (C=O) groups is 4. The summed E-state index contributed by atoms with van der Waals surface area (Å²) in [5.74, 6) is -2.30. The van der Waals surface area contributed by atoms with Gasteiger partial charge in [0.1, 0.15) is 18.5 Å². The Bertz CT molecular complexity index is 809. The number of hydrogen-bond acceptors (Lipinski definition) is 10. The molecule has 0 bridgehead atoms. The number of rotatable bonds is 7. The monoisotopic (exact) mass is 550 g/mol. The van der Waals surface area contributed by atoms with Gasteiger partial charge in [0.15, 0.2) is 12.2 Å². The zero-order valence-electron chi connectivity index (χ0n) is 17.4. The van der Waals surface area contributed by atoms with Gasteiger partial charge >= 0.3 is 23.9 Å². The average molecular weight is 550 g/mol. The van der Waals surface area contributed by atoms with E-state index in [1.807, 2.05) is 0 Å². The van der Waals surface area contributed by atoms with Crippen LogP contribution in [0.15, 0.2) is 24.3 Å². The predicted octanol–water partition coefficient (Wildman–Crippen LogP) is 1.75. The summed E-state index contributed by atoms with van der Waals surface area (Å²) >= 11 is 2.13. The van der Waals surface area contributed by atoms with Gasteiger partial charge in [-0.2, -0.15) is 0 Å². The molecule has 0 amide bonds. The molecule has 0 radical (unpaired) electrons. The summed E-state index contributed by atoms with van der Waals surface area (Å²) < 4.78 is 33.7. The minimum absolute atomic E-state index is 0.315. The molecule has 1 aromatic rings. The fraction of sp³-hybridized carbons (Fsp3) is 0.500. The fourth-order valence-corrected chi connectivity index (χ4v) is 3.29. The molecular formula is C20H23IO10. The topological polar surface area (TPSA) is 124 Å². The lowest BCUT2D eigenvalue weighted by Gasteiger charge is -2.43. The van der Waals surface area contributed by atoms with Crippen LogP contribution in [0.2, 0.25) is 0 Å². The predicted molar refractivity (Wildman–Crippen MR) is 112 cm³/mol. The quantitative estimate of drug-likeness (QED) is 0.282. The normalized spacial score (nSPS) is 25.1. The van der Waals surface area contributed by atoms with E-state index in [0.717, 1.165) is 17.4 Å². The molecule has 5 atom stereocenters. The highest BCUT2D eigenvalue weighted by Crippen LogP contribution is 2.31. The molecule has 1 saturated heterocycles. The van der Waals surface area contributed by atoms with Gasteiger partial charge in [-0.1, -0.05) is 0 Å². The molecule has 1 heterocycles. The van der Waals surface area contributed by atoms with Crippen molar-refractivity contribution in [2.24, 2.45) is 0 Å². The summed E-state index contributed by atoms with van der Waals surface area (Å²) in [5, 5.41) is 0. The Morgan fingerprint density at radius 3 is 1.84 bits per heavy atom. The van der Waals surface area contributed by atoms with Crippen LogP contribution >= 0.6 is 22.6 Å². The highest BCUT2D eigenvalue weighted by molar-refractivity contribution is 14.1. The van der Waals surface area contributed by atoms with Crippen molar-refractivity contribution in [2.45, 2.75) is 58.4 Å². The van der Waals surface area contributed by atoms with E-state index in [9.17, 15) is 19.2 Å². The van der Waals surface area contributed by atoms with Crippen molar-refractivity contribution in [3.63, 3.8) is 0 Å². The van der Waals surface area contributed by atoms with Gasteiger partial charge in [-0.15, -0.1) is 0 Å². The molecule has 1 aliphatic heterocycles. The Balaban J connectivity index is 2.43. The second kappa shape index (κ2) is 11.3. The zero-order valence-corrected chi connectivity index (χ0v) is 19.5. The van der Waals surface area contributed by atoms with Crippen LogP contribution in [0.4, 0.5) is 0 Å². The van der Waals surface area contributed by atoms with Gasteiger partial charge in [0.05, 0.1) is 0 Å². The molecule has 0 saturated carbocycles. The third-order valence-electron chi connectivity index (χ3n) is 4.01. The van der Waals surface area contributed by atoms with Crippen LogP contribution in [-0.4, -0.2) is 61.2 Å². The highest BCUT2D eigenvalue weighted by Gasteiger charge is 2.53. The summed E-state index contributed by atoms with van der Waals surface area (Å²) in [6.45, 7) is 4.36. The van der Waals surface area contributed by atoms with Gasteiger partial charge < -0.3 is 28.4 Å². The standard InChI is InChI=1S/C20H23IO10/c1-10(22)26-9-16-17(27-11(2)23)18(28-12(3)24)19(29-13(4)25)20(31-16)30-15-7-5-14(21)6-8-15/h5-8,16-20H,9H2,1-4H3/t16-,17+,18+,19-,20-/m1/s1. The van der Waals surface area contributed by atoms with Gasteiger partial charge in [0.25, 0.3) is 0 Å². The van der Waals surface area contributed by atoms with Crippen molar-refractivity contribution < 1.29 is 47.6 Å². The van der Waals surface area contributed by atoms with Gasteiger partial charge in [-0.3, -0.25) is 19.2 Å². The SMILES string of the molecule is CC(=O)OC[C@H]1O[C@@H](Oc2ccc(I)cc2)[C@H](OC(C)=O)[C@@H](OC(C)=O)[C@H]1OC(C)=O. The Hall–Kier alpha value is -2.41. The van der Waals surface area contributed by atoms with Crippen LogP contribution < -0.4 is 4.74 Å². The van der Waals surface area contributed by atoms with Crippen LogP contribution in [0.5, 0.6) is 5.75 Å². The largest absolute Gasteiger partial charge is 0.463 e. The summed E-state index contributed by atoms with van der Waals surface area (Å²) in [6, 6.07) is 6.94. The molecule has 0 aliphatic carbocycles. The first-order valence-corrected chi connectivity index (χ1v) is 10.4. The van der Waals surface area contributed by atoms with E-state index in [4.69, 9.17) is 28.4 Å². The van der Waals surface area contributed by atoms with Gasteiger partial charge in [-0.25, -0.2) is 0 Å². The molecule has 0 aromatic heterocycles. The fourth-order valence-electron chi connectivity index (χ4n) is 2.93. The maximum atomic E-state index is 11.8. The Morgan fingerprint density at radius 2 is 1.32 bits per heavy atom. The lowest BCUT2D eigenvalue weighted by molar-refractivity contribution is -0.288. The van der Waals surface area contributed by atoms with Crippen molar-refractivity contribution in [1.82, 2.24) is 0 Å². The average Bonchev–Trinajstić information content (AvgIpc) is 2.65. The summed E-state index contributed by atoms with van der Waals surface area (Å²) in [6.07, 6.45) is -6.06. The number of ether oxygens (including phenoxy) is 6. The van der Waals surface area contributed by atoms with E-state index in [0.29, 0.717) is 5.75 Å². The molecule has 0 N–H and O–H groups in total. The number of esters is 4. The number of halogens is 1. The maximum absolute atomic E-state index is 11.8. The first kappa shape index (κ1) is 24.9. The third-order valence-corrected chi connectivity index (χ3v) is 4.73. The van der Waals surface area contributed by atoms with E-state index in [1.54, 1.807) is 24.3 Å². The summed E-state index contributed by atoms with van der Waals surface area (Å²) in [5.41, 5.74) is 0. The molecule has 1 fully saturated rings. The minimum atomic E-state index is -1.27. The smallest absolute Gasteiger partial charge is 0.303 e. The summed E-state index contributed by atoms with van der Waals surface area (Å²) in [4.78, 5) is 46.5. The summed E-state index contributed by atoms with van der Waals surface area (Å²) in [7, 11) is 0. The third kappa shape index (κ3) is 7.65. The molecule has 0 spiro atoms. The molecule has 1 aliphatic rings. The van der Waals surface area contributed by atoms with Crippen LogP contribution in [0.3, 0.4) is 0 Å². The second-order valence-corrected chi connectivity index (χ2v) is 7.89. The molecule has 1 aromatic carbocycles. The minimum Gasteiger partial charge on any atom is -0.463 e. The van der Waals surface area contributed by atoms with Crippen molar-refractivity contribution >= 4 is 46.5 Å².